The molecule has 0 bridgehead atoms. The van der Waals surface area contributed by atoms with Crippen molar-refractivity contribution in [2.75, 3.05) is 26.2 Å². The number of carbonyl (C=O) groups excluding carboxylic acids is 1. The minimum absolute atomic E-state index is 0.0411. The minimum atomic E-state index is -3.47. The molecule has 0 radical (unpaired) electrons. The predicted octanol–water partition coefficient (Wildman–Crippen LogP) is 1.54. The minimum Gasteiger partial charge on any atom is -0.341 e. The Morgan fingerprint density at radius 1 is 1.08 bits per heavy atom. The van der Waals surface area contributed by atoms with E-state index in [0.717, 1.165) is 32.1 Å². The van der Waals surface area contributed by atoms with Crippen LogP contribution in [0, 0.1) is 0 Å². The van der Waals surface area contributed by atoms with Crippen LogP contribution in [0.25, 0.3) is 0 Å². The molecular weight excluding hydrogens is 338 g/mol. The molecule has 1 aromatic carbocycles. The molecule has 2 aliphatic rings. The van der Waals surface area contributed by atoms with E-state index in [-0.39, 0.29) is 18.4 Å². The molecule has 2 heterocycles. The fraction of sp³-hybridized carbons (Fsp3) is 0.611. The van der Waals surface area contributed by atoms with Crippen molar-refractivity contribution in [3.05, 3.63) is 35.9 Å². The number of aryl methyl sites for hydroxylation is 1. The first-order chi connectivity index (χ1) is 12.0. The Bertz CT molecular complexity index is 672. The third-order valence-electron chi connectivity index (χ3n) is 4.92. The maximum atomic E-state index is 12.4. The number of benzene rings is 1. The van der Waals surface area contributed by atoms with Gasteiger partial charge < -0.3 is 4.90 Å². The second-order valence-corrected chi connectivity index (χ2v) is 8.61. The summed E-state index contributed by atoms with van der Waals surface area (Å²) in [5.41, 5.74) is 1.26. The molecule has 1 N–H and O–H groups in total. The Balaban J connectivity index is 1.47. The van der Waals surface area contributed by atoms with Crippen molar-refractivity contribution in [2.45, 2.75) is 44.6 Å². The molecule has 2 fully saturated rings. The van der Waals surface area contributed by atoms with Crippen molar-refractivity contribution in [2.24, 2.45) is 0 Å². The van der Waals surface area contributed by atoms with Gasteiger partial charge in [-0.3, -0.25) is 4.79 Å². The van der Waals surface area contributed by atoms with E-state index in [1.807, 2.05) is 18.2 Å². The standard InChI is InChI=1S/C18H27N3O3S/c22-18-14-17(19-25(23,24)21-12-5-2-6-13-21)15-20(18)11-7-10-16-8-3-1-4-9-16/h1,3-4,8-9,17,19H,2,5-7,10-15H2/t17-/m1/s1. The second kappa shape index (κ2) is 8.29. The molecule has 7 heteroatoms. The van der Waals surface area contributed by atoms with Gasteiger partial charge in [0, 0.05) is 38.6 Å². The van der Waals surface area contributed by atoms with Gasteiger partial charge in [-0.15, -0.1) is 0 Å². The Hall–Kier alpha value is -1.44. The van der Waals surface area contributed by atoms with E-state index < -0.39 is 10.2 Å². The Morgan fingerprint density at radius 2 is 1.80 bits per heavy atom. The number of nitrogens with one attached hydrogen (secondary N) is 1. The molecule has 3 rings (SSSR count). The van der Waals surface area contributed by atoms with Gasteiger partial charge in [-0.2, -0.15) is 17.4 Å². The number of carbonyl (C=O) groups is 1. The summed E-state index contributed by atoms with van der Waals surface area (Å²) in [5, 5.41) is 0. The molecule has 0 saturated carbocycles. The molecule has 2 aliphatic heterocycles. The van der Waals surface area contributed by atoms with Crippen LogP contribution in [0.15, 0.2) is 30.3 Å². The van der Waals surface area contributed by atoms with E-state index in [1.165, 1.54) is 9.87 Å². The number of piperidine rings is 1. The molecule has 0 aliphatic carbocycles. The average Bonchev–Trinajstić information content (AvgIpc) is 2.95. The van der Waals surface area contributed by atoms with E-state index >= 15 is 0 Å². The zero-order chi connectivity index (χ0) is 17.7. The average molecular weight is 365 g/mol. The molecule has 138 valence electrons. The molecular formula is C18H27N3O3S. The highest BCUT2D eigenvalue weighted by molar-refractivity contribution is 7.87. The summed E-state index contributed by atoms with van der Waals surface area (Å²) in [5.74, 6) is 0.0411. The van der Waals surface area contributed by atoms with Crippen molar-refractivity contribution >= 4 is 16.1 Å². The lowest BCUT2D eigenvalue weighted by Crippen LogP contribution is -2.48. The first-order valence-corrected chi connectivity index (χ1v) is 10.6. The highest BCUT2D eigenvalue weighted by Gasteiger charge is 2.34. The number of amides is 1. The second-order valence-electron chi connectivity index (χ2n) is 6.91. The molecule has 6 nitrogen and oxygen atoms in total. The lowest BCUT2D eigenvalue weighted by Gasteiger charge is -2.27. The van der Waals surface area contributed by atoms with Crippen molar-refractivity contribution in [1.29, 1.82) is 0 Å². The van der Waals surface area contributed by atoms with Crippen LogP contribution in [-0.4, -0.2) is 55.8 Å². The van der Waals surface area contributed by atoms with Crippen LogP contribution in [-0.2, 0) is 21.4 Å². The number of nitrogens with zero attached hydrogens (tertiary/aromatic N) is 2. The summed E-state index contributed by atoms with van der Waals surface area (Å²) in [6, 6.07) is 9.88. The maximum absolute atomic E-state index is 12.4. The molecule has 1 atom stereocenters. The van der Waals surface area contributed by atoms with Gasteiger partial charge in [0.2, 0.25) is 5.91 Å². The van der Waals surface area contributed by atoms with Gasteiger partial charge in [0.25, 0.3) is 10.2 Å². The van der Waals surface area contributed by atoms with Crippen LogP contribution in [0.2, 0.25) is 0 Å². The first-order valence-electron chi connectivity index (χ1n) is 9.14. The number of rotatable bonds is 7. The Labute approximate surface area is 150 Å². The topological polar surface area (TPSA) is 69.7 Å². The summed E-state index contributed by atoms with van der Waals surface area (Å²) in [6.45, 7) is 2.31. The third kappa shape index (κ3) is 5.03. The van der Waals surface area contributed by atoms with Gasteiger partial charge in [0.05, 0.1) is 0 Å². The maximum Gasteiger partial charge on any atom is 0.279 e. The van der Waals surface area contributed by atoms with Crippen LogP contribution < -0.4 is 4.72 Å². The van der Waals surface area contributed by atoms with E-state index in [9.17, 15) is 13.2 Å². The lowest BCUT2D eigenvalue weighted by molar-refractivity contribution is -0.127. The summed E-state index contributed by atoms with van der Waals surface area (Å²) in [6.07, 6.45) is 4.99. The molecule has 1 amide bonds. The van der Waals surface area contributed by atoms with E-state index in [0.29, 0.717) is 26.2 Å². The van der Waals surface area contributed by atoms with Crippen LogP contribution in [0.4, 0.5) is 0 Å². The molecule has 0 aromatic heterocycles. The smallest absolute Gasteiger partial charge is 0.279 e. The summed E-state index contributed by atoms with van der Waals surface area (Å²) in [4.78, 5) is 14.0. The van der Waals surface area contributed by atoms with Crippen molar-refractivity contribution in [3.8, 4) is 0 Å². The van der Waals surface area contributed by atoms with E-state index in [4.69, 9.17) is 0 Å². The largest absolute Gasteiger partial charge is 0.341 e. The zero-order valence-corrected chi connectivity index (χ0v) is 15.4. The SMILES string of the molecule is O=C1C[C@@H](NS(=O)(=O)N2CCCCC2)CN1CCCc1ccccc1. The normalized spacial score (nSPS) is 22.5. The molecule has 0 spiro atoms. The number of hydrogen-bond acceptors (Lipinski definition) is 3. The Kier molecular flexibility index (Phi) is 6.09. The van der Waals surface area contributed by atoms with Gasteiger partial charge in [-0.05, 0) is 31.2 Å². The predicted molar refractivity (Wildman–Crippen MR) is 97.2 cm³/mol. The molecule has 0 unspecified atom stereocenters. The highest BCUT2D eigenvalue weighted by Crippen LogP contribution is 2.17. The summed E-state index contributed by atoms with van der Waals surface area (Å²) >= 11 is 0. The fourth-order valence-electron chi connectivity index (χ4n) is 3.58. The molecule has 1 aromatic rings. The van der Waals surface area contributed by atoms with Gasteiger partial charge in [-0.1, -0.05) is 36.8 Å². The first kappa shape index (κ1) is 18.4. The quantitative estimate of drug-likeness (QED) is 0.797. The van der Waals surface area contributed by atoms with E-state index in [1.54, 1.807) is 4.90 Å². The van der Waals surface area contributed by atoms with Gasteiger partial charge in [0.15, 0.2) is 0 Å². The molecule has 25 heavy (non-hydrogen) atoms. The third-order valence-corrected chi connectivity index (χ3v) is 6.60. The fourth-order valence-corrected chi connectivity index (χ4v) is 5.04. The van der Waals surface area contributed by atoms with E-state index in [2.05, 4.69) is 16.9 Å². The molecule has 2 saturated heterocycles. The number of likely N-dealkylation sites (tertiary alicyclic amines) is 1. The Morgan fingerprint density at radius 3 is 2.52 bits per heavy atom. The zero-order valence-electron chi connectivity index (χ0n) is 14.6. The van der Waals surface area contributed by atoms with Gasteiger partial charge in [0.1, 0.15) is 0 Å². The van der Waals surface area contributed by atoms with Crippen molar-refractivity contribution < 1.29 is 13.2 Å². The van der Waals surface area contributed by atoms with Crippen molar-refractivity contribution in [1.82, 2.24) is 13.9 Å². The lowest BCUT2D eigenvalue weighted by atomic mass is 10.1. The highest BCUT2D eigenvalue weighted by atomic mass is 32.2. The van der Waals surface area contributed by atoms with Crippen molar-refractivity contribution in [3.63, 3.8) is 0 Å². The summed E-state index contributed by atoms with van der Waals surface area (Å²) in [7, 11) is -3.47. The van der Waals surface area contributed by atoms with Crippen LogP contribution >= 0.6 is 0 Å². The number of hydrogen-bond donors (Lipinski definition) is 1. The van der Waals surface area contributed by atoms with Gasteiger partial charge >= 0.3 is 0 Å². The van der Waals surface area contributed by atoms with Crippen LogP contribution in [0.1, 0.15) is 37.7 Å². The van der Waals surface area contributed by atoms with Crippen LogP contribution in [0.5, 0.6) is 0 Å². The van der Waals surface area contributed by atoms with Gasteiger partial charge in [-0.25, -0.2) is 0 Å². The van der Waals surface area contributed by atoms with Crippen LogP contribution in [0.3, 0.4) is 0 Å². The summed E-state index contributed by atoms with van der Waals surface area (Å²) < 4.78 is 29.1. The monoisotopic (exact) mass is 365 g/mol.